The molecule has 1 aromatic carbocycles. The molecule has 1 aliphatic heterocycles. The Balaban J connectivity index is 1.58. The van der Waals surface area contributed by atoms with Crippen molar-refractivity contribution in [2.45, 2.75) is 12.6 Å². The number of aromatic hydroxyl groups is 1. The van der Waals surface area contributed by atoms with Crippen LogP contribution in [0.2, 0.25) is 0 Å². The highest BCUT2D eigenvalue weighted by atomic mass is 16.3. The van der Waals surface area contributed by atoms with E-state index >= 15 is 0 Å². The van der Waals surface area contributed by atoms with Gasteiger partial charge in [0.25, 0.3) is 5.91 Å². The van der Waals surface area contributed by atoms with E-state index in [-0.39, 0.29) is 24.6 Å². The van der Waals surface area contributed by atoms with Gasteiger partial charge in [-0.3, -0.25) is 19.9 Å². The van der Waals surface area contributed by atoms with Crippen LogP contribution in [0.3, 0.4) is 0 Å². The number of carbonyl (C=O) groups excluding carboxylic acids is 3. The second-order valence-corrected chi connectivity index (χ2v) is 6.47. The first kappa shape index (κ1) is 19.0. The number of fused-ring (bicyclic) bond motifs is 1. The summed E-state index contributed by atoms with van der Waals surface area (Å²) in [4.78, 5) is 44.9. The maximum Gasteiger partial charge on any atom is 0.321 e. The molecule has 3 N–H and O–H groups in total. The molecule has 1 aliphatic rings. The number of aromatic nitrogens is 5. The fraction of sp³-hybridized carbons (Fsp3) is 0.167. The summed E-state index contributed by atoms with van der Waals surface area (Å²) in [6, 6.07) is 3.08. The van der Waals surface area contributed by atoms with E-state index in [1.165, 1.54) is 40.3 Å². The normalized spacial score (nSPS) is 13.6. The summed E-state index contributed by atoms with van der Waals surface area (Å²) in [5.41, 5.74) is 1.51. The average Bonchev–Trinajstić information content (AvgIpc) is 3.34. The lowest BCUT2D eigenvalue weighted by Crippen LogP contribution is -2.42. The molecule has 3 aromatic rings. The van der Waals surface area contributed by atoms with Crippen molar-refractivity contribution >= 4 is 18.3 Å². The molecule has 4 amide bonds. The van der Waals surface area contributed by atoms with Crippen molar-refractivity contribution in [1.82, 2.24) is 40.5 Å². The first-order valence-electron chi connectivity index (χ1n) is 8.85. The van der Waals surface area contributed by atoms with Crippen molar-refractivity contribution in [3.63, 3.8) is 0 Å². The lowest BCUT2D eigenvalue weighted by molar-refractivity contribution is -0.108. The number of benzene rings is 1. The molecule has 0 radical (unpaired) electrons. The number of carbonyl (C=O) groups is 3. The Morgan fingerprint density at radius 2 is 2.20 bits per heavy atom. The molecule has 0 aliphatic carbocycles. The number of rotatable bonds is 6. The largest absolute Gasteiger partial charge is 0.508 e. The number of hydrogen-bond donors (Lipinski definition) is 3. The molecule has 0 saturated carbocycles. The molecule has 12 nitrogen and oxygen atoms in total. The van der Waals surface area contributed by atoms with Crippen LogP contribution in [0.15, 0.2) is 43.0 Å². The third-order valence-corrected chi connectivity index (χ3v) is 4.52. The van der Waals surface area contributed by atoms with Crippen molar-refractivity contribution in [3.05, 3.63) is 59.8 Å². The van der Waals surface area contributed by atoms with Crippen LogP contribution in [0.25, 0.3) is 5.82 Å². The molecule has 0 fully saturated rings. The van der Waals surface area contributed by atoms with Crippen molar-refractivity contribution in [2.24, 2.45) is 0 Å². The van der Waals surface area contributed by atoms with Gasteiger partial charge in [0, 0.05) is 31.0 Å². The maximum atomic E-state index is 12.7. The first-order valence-corrected chi connectivity index (χ1v) is 8.85. The van der Waals surface area contributed by atoms with E-state index in [1.807, 2.05) is 5.32 Å². The molecule has 152 valence electrons. The zero-order chi connectivity index (χ0) is 21.1. The summed E-state index contributed by atoms with van der Waals surface area (Å²) in [6.45, 7) is 0.375. The number of phenols is 1. The van der Waals surface area contributed by atoms with E-state index in [2.05, 4.69) is 25.6 Å². The molecule has 4 rings (SSSR count). The van der Waals surface area contributed by atoms with Crippen molar-refractivity contribution in [1.29, 1.82) is 0 Å². The lowest BCUT2D eigenvalue weighted by Gasteiger charge is -2.23. The van der Waals surface area contributed by atoms with Crippen LogP contribution >= 0.6 is 0 Å². The SMILES string of the molecule is O=CNC(=O)N[C@@H](CN1Cc2ccc(O)cc2C1=O)c1cn(-c2cnccn2)nn1. The fourth-order valence-corrected chi connectivity index (χ4v) is 3.14. The second-order valence-electron chi connectivity index (χ2n) is 6.47. The summed E-state index contributed by atoms with van der Waals surface area (Å²) in [5.74, 6) is 0.133. The van der Waals surface area contributed by atoms with Crippen LogP contribution in [-0.4, -0.2) is 59.9 Å². The molecule has 3 heterocycles. The third kappa shape index (κ3) is 3.78. The number of amides is 4. The third-order valence-electron chi connectivity index (χ3n) is 4.52. The molecule has 0 bridgehead atoms. The number of urea groups is 1. The summed E-state index contributed by atoms with van der Waals surface area (Å²) in [5, 5.41) is 22.3. The molecule has 0 unspecified atom stereocenters. The van der Waals surface area contributed by atoms with Crippen molar-refractivity contribution in [3.8, 4) is 11.6 Å². The van der Waals surface area contributed by atoms with Crippen LogP contribution in [-0.2, 0) is 11.3 Å². The maximum absolute atomic E-state index is 12.7. The van der Waals surface area contributed by atoms with E-state index < -0.39 is 12.1 Å². The summed E-state index contributed by atoms with van der Waals surface area (Å²) < 4.78 is 1.38. The number of imide groups is 1. The van der Waals surface area contributed by atoms with Gasteiger partial charge in [0.2, 0.25) is 6.41 Å². The smallest absolute Gasteiger partial charge is 0.321 e. The molecular weight excluding hydrogens is 392 g/mol. The average molecular weight is 408 g/mol. The van der Waals surface area contributed by atoms with E-state index in [1.54, 1.807) is 12.3 Å². The number of nitrogens with one attached hydrogen (secondary N) is 2. The van der Waals surface area contributed by atoms with Crippen LogP contribution in [0.1, 0.15) is 27.7 Å². The highest BCUT2D eigenvalue weighted by Crippen LogP contribution is 2.27. The van der Waals surface area contributed by atoms with Gasteiger partial charge in [-0.25, -0.2) is 14.5 Å². The quantitative estimate of drug-likeness (QED) is 0.478. The Morgan fingerprint density at radius 3 is 2.97 bits per heavy atom. The minimum Gasteiger partial charge on any atom is -0.508 e. The Kier molecular flexibility index (Phi) is 5.03. The van der Waals surface area contributed by atoms with Gasteiger partial charge in [-0.2, -0.15) is 0 Å². The Hall–Kier alpha value is -4.35. The molecule has 2 aromatic heterocycles. The molecule has 0 spiro atoms. The minimum absolute atomic E-state index is 0.00380. The summed E-state index contributed by atoms with van der Waals surface area (Å²) >= 11 is 0. The topological polar surface area (TPSA) is 155 Å². The molecular formula is C18H16N8O4. The van der Waals surface area contributed by atoms with Gasteiger partial charge in [0.15, 0.2) is 5.82 Å². The van der Waals surface area contributed by atoms with Crippen molar-refractivity contribution in [2.75, 3.05) is 6.54 Å². The van der Waals surface area contributed by atoms with Crippen LogP contribution in [0, 0.1) is 0 Å². The molecule has 12 heteroatoms. The Bertz CT molecular complexity index is 1100. The van der Waals surface area contributed by atoms with Crippen LogP contribution < -0.4 is 10.6 Å². The highest BCUT2D eigenvalue weighted by Gasteiger charge is 2.31. The van der Waals surface area contributed by atoms with E-state index in [0.29, 0.717) is 23.6 Å². The Morgan fingerprint density at radius 1 is 1.33 bits per heavy atom. The van der Waals surface area contributed by atoms with Gasteiger partial charge < -0.3 is 15.3 Å². The Labute approximate surface area is 169 Å². The van der Waals surface area contributed by atoms with Gasteiger partial charge in [-0.1, -0.05) is 11.3 Å². The van der Waals surface area contributed by atoms with Crippen molar-refractivity contribution < 1.29 is 19.5 Å². The predicted octanol–water partition coefficient (Wildman–Crippen LogP) is -0.0844. The van der Waals surface area contributed by atoms with E-state index in [9.17, 15) is 19.5 Å². The van der Waals surface area contributed by atoms with E-state index in [0.717, 1.165) is 5.56 Å². The first-order chi connectivity index (χ1) is 14.5. The van der Waals surface area contributed by atoms with Gasteiger partial charge in [0.1, 0.15) is 11.4 Å². The van der Waals surface area contributed by atoms with Gasteiger partial charge in [-0.15, -0.1) is 5.10 Å². The molecule has 1 atom stereocenters. The fourth-order valence-electron chi connectivity index (χ4n) is 3.14. The molecule has 0 saturated heterocycles. The van der Waals surface area contributed by atoms with Gasteiger partial charge in [-0.05, 0) is 17.7 Å². The number of hydrogen-bond acceptors (Lipinski definition) is 8. The summed E-state index contributed by atoms with van der Waals surface area (Å²) in [7, 11) is 0. The lowest BCUT2D eigenvalue weighted by atomic mass is 10.1. The van der Waals surface area contributed by atoms with Gasteiger partial charge >= 0.3 is 6.03 Å². The van der Waals surface area contributed by atoms with Crippen LogP contribution in [0.5, 0.6) is 5.75 Å². The second kappa shape index (κ2) is 7.95. The molecule has 30 heavy (non-hydrogen) atoms. The predicted molar refractivity (Wildman–Crippen MR) is 100 cm³/mol. The zero-order valence-electron chi connectivity index (χ0n) is 15.5. The number of nitrogens with zero attached hydrogens (tertiary/aromatic N) is 6. The number of phenolic OH excluding ortho intramolecular Hbond substituents is 1. The zero-order valence-corrected chi connectivity index (χ0v) is 15.5. The minimum atomic E-state index is -0.762. The standard InChI is InChI=1S/C18H16N8O4/c27-10-21-18(30)22-14(15-9-26(24-23-15)16-6-19-3-4-20-16)8-25-7-11-1-2-12(28)5-13(11)17(25)29/h1-6,9-10,14,28H,7-8H2,(H2,21,22,27,30)/t14-/m0/s1. The summed E-state index contributed by atoms with van der Waals surface area (Å²) in [6.07, 6.45) is 6.31. The van der Waals surface area contributed by atoms with E-state index in [4.69, 9.17) is 0 Å². The van der Waals surface area contributed by atoms with Gasteiger partial charge in [0.05, 0.1) is 18.4 Å². The highest BCUT2D eigenvalue weighted by molar-refractivity contribution is 5.98. The monoisotopic (exact) mass is 408 g/mol. The van der Waals surface area contributed by atoms with Crippen LogP contribution in [0.4, 0.5) is 4.79 Å².